The van der Waals surface area contributed by atoms with Crippen LogP contribution in [-0.4, -0.2) is 6.26 Å². The van der Waals surface area contributed by atoms with Crippen LogP contribution in [0.25, 0.3) is 0 Å². The van der Waals surface area contributed by atoms with Gasteiger partial charge in [-0.3, -0.25) is 0 Å². The van der Waals surface area contributed by atoms with Gasteiger partial charge in [-0.15, -0.1) is 11.8 Å². The first kappa shape index (κ1) is 9.64. The number of thioether (sulfide) groups is 1. The van der Waals surface area contributed by atoms with Gasteiger partial charge in [0.05, 0.1) is 0 Å². The highest BCUT2D eigenvalue weighted by Gasteiger charge is 2.58. The van der Waals surface area contributed by atoms with Crippen molar-refractivity contribution in [2.45, 2.75) is 40.0 Å². The number of fused-ring (bicyclic) bond motifs is 2. The first-order valence-corrected chi connectivity index (χ1v) is 6.53. The maximum absolute atomic E-state index is 2.47. The first-order valence-electron chi connectivity index (χ1n) is 5.24. The second-order valence-corrected chi connectivity index (χ2v) is 6.08. The molecule has 2 aliphatic rings. The molecule has 2 aliphatic carbocycles. The summed E-state index contributed by atoms with van der Waals surface area (Å²) in [4.78, 5) is 0. The van der Waals surface area contributed by atoms with Crippen molar-refractivity contribution in [1.82, 2.24) is 0 Å². The van der Waals surface area contributed by atoms with Crippen LogP contribution in [0.5, 0.6) is 0 Å². The highest BCUT2D eigenvalue weighted by Crippen LogP contribution is 2.68. The molecule has 74 valence electrons. The Bertz CT molecular complexity index is 252. The molecule has 0 saturated heterocycles. The summed E-state index contributed by atoms with van der Waals surface area (Å²) in [6, 6.07) is 0. The zero-order valence-corrected chi connectivity index (χ0v) is 10.0. The van der Waals surface area contributed by atoms with Gasteiger partial charge in [0.15, 0.2) is 0 Å². The zero-order valence-electron chi connectivity index (χ0n) is 9.18. The molecule has 13 heavy (non-hydrogen) atoms. The minimum absolute atomic E-state index is 0.515. The van der Waals surface area contributed by atoms with Crippen LogP contribution in [-0.2, 0) is 0 Å². The summed E-state index contributed by atoms with van der Waals surface area (Å²) >= 11 is 1.88. The average Bonchev–Trinajstić information content (AvgIpc) is 2.37. The maximum Gasteiger partial charge on any atom is -0.00541 e. The number of hydrogen-bond donors (Lipinski definition) is 0. The van der Waals surface area contributed by atoms with Gasteiger partial charge in [-0.1, -0.05) is 26.3 Å². The molecule has 0 N–H and O–H groups in total. The van der Waals surface area contributed by atoms with E-state index in [-0.39, 0.29) is 0 Å². The topological polar surface area (TPSA) is 0 Å². The van der Waals surface area contributed by atoms with Crippen LogP contribution in [0, 0.1) is 16.7 Å². The van der Waals surface area contributed by atoms with Crippen LogP contribution in [0.1, 0.15) is 40.0 Å². The molecular weight excluding hydrogens is 176 g/mol. The molecule has 0 heterocycles. The average molecular weight is 196 g/mol. The molecule has 1 heteroatoms. The number of hydrogen-bond acceptors (Lipinski definition) is 1. The Morgan fingerprint density at radius 1 is 1.38 bits per heavy atom. The van der Waals surface area contributed by atoms with E-state index in [1.165, 1.54) is 19.3 Å². The predicted octanol–water partition coefficient (Wildman–Crippen LogP) is 4.08. The van der Waals surface area contributed by atoms with Crippen molar-refractivity contribution in [3.8, 4) is 0 Å². The quantitative estimate of drug-likeness (QED) is 0.609. The summed E-state index contributed by atoms with van der Waals surface area (Å²) in [5.41, 5.74) is 2.79. The molecule has 2 saturated carbocycles. The Morgan fingerprint density at radius 2 is 2.08 bits per heavy atom. The summed E-state index contributed by atoms with van der Waals surface area (Å²) in [6.07, 6.45) is 6.41. The van der Waals surface area contributed by atoms with Gasteiger partial charge in [0.2, 0.25) is 0 Å². The Hall–Kier alpha value is 0.0900. The third kappa shape index (κ3) is 1.06. The molecule has 0 nitrogen and oxygen atoms in total. The zero-order chi connectivity index (χ0) is 9.69. The van der Waals surface area contributed by atoms with E-state index in [2.05, 4.69) is 32.4 Å². The fourth-order valence-corrected chi connectivity index (χ4v) is 3.98. The van der Waals surface area contributed by atoms with Crippen LogP contribution in [0.2, 0.25) is 0 Å². The smallest absolute Gasteiger partial charge is 0.00541 e. The fourth-order valence-electron chi connectivity index (χ4n) is 3.34. The molecule has 0 aromatic heterocycles. The lowest BCUT2D eigenvalue weighted by Gasteiger charge is -2.35. The number of allylic oxidation sites excluding steroid dienone is 1. The molecule has 2 unspecified atom stereocenters. The number of rotatable bonds is 1. The maximum atomic E-state index is 2.47. The van der Waals surface area contributed by atoms with Crippen molar-refractivity contribution < 1.29 is 0 Å². The fraction of sp³-hybridized carbons (Fsp3) is 0.833. The lowest BCUT2D eigenvalue weighted by atomic mass is 9.69. The van der Waals surface area contributed by atoms with E-state index in [1.54, 1.807) is 5.57 Å². The van der Waals surface area contributed by atoms with E-state index in [4.69, 9.17) is 0 Å². The van der Waals surface area contributed by atoms with Crippen LogP contribution in [0.15, 0.2) is 11.0 Å². The molecule has 0 aliphatic heterocycles. The van der Waals surface area contributed by atoms with Gasteiger partial charge in [-0.05, 0) is 47.7 Å². The summed E-state index contributed by atoms with van der Waals surface area (Å²) in [6.45, 7) is 7.40. The highest BCUT2D eigenvalue weighted by atomic mass is 32.2. The Morgan fingerprint density at radius 3 is 2.46 bits per heavy atom. The van der Waals surface area contributed by atoms with Crippen LogP contribution >= 0.6 is 11.8 Å². The Kier molecular flexibility index (Phi) is 2.07. The van der Waals surface area contributed by atoms with Gasteiger partial charge in [-0.2, -0.15) is 0 Å². The van der Waals surface area contributed by atoms with Gasteiger partial charge in [0.25, 0.3) is 0 Å². The summed E-state index contributed by atoms with van der Waals surface area (Å²) in [7, 11) is 0. The predicted molar refractivity (Wildman–Crippen MR) is 60.8 cm³/mol. The van der Waals surface area contributed by atoms with Gasteiger partial charge in [-0.25, -0.2) is 0 Å². The van der Waals surface area contributed by atoms with Gasteiger partial charge in [0.1, 0.15) is 0 Å². The summed E-state index contributed by atoms with van der Waals surface area (Å²) in [5.74, 6) is 0.955. The first-order chi connectivity index (χ1) is 6.02. The molecular formula is C12H20S. The SMILES string of the molecule is CS/C=C1/CC2CCC1(C)C2(C)C. The highest BCUT2D eigenvalue weighted by molar-refractivity contribution is 8.01. The molecule has 0 spiro atoms. The molecule has 2 rings (SSSR count). The third-order valence-corrected chi connectivity index (χ3v) is 5.39. The van der Waals surface area contributed by atoms with Crippen molar-refractivity contribution in [2.24, 2.45) is 16.7 Å². The minimum atomic E-state index is 0.515. The molecule has 2 atom stereocenters. The molecule has 0 amide bonds. The van der Waals surface area contributed by atoms with Crippen molar-refractivity contribution in [3.63, 3.8) is 0 Å². The summed E-state index contributed by atoms with van der Waals surface area (Å²) < 4.78 is 0. The lowest BCUT2D eigenvalue weighted by Crippen LogP contribution is -2.27. The molecule has 0 aromatic rings. The lowest BCUT2D eigenvalue weighted by molar-refractivity contribution is 0.179. The van der Waals surface area contributed by atoms with E-state index < -0.39 is 0 Å². The van der Waals surface area contributed by atoms with E-state index in [9.17, 15) is 0 Å². The van der Waals surface area contributed by atoms with E-state index in [0.29, 0.717) is 10.8 Å². The molecule has 2 fully saturated rings. The second kappa shape index (κ2) is 2.79. The largest absolute Gasteiger partial charge is 0.138 e. The third-order valence-electron chi connectivity index (χ3n) is 4.87. The van der Waals surface area contributed by atoms with E-state index in [0.717, 1.165) is 5.92 Å². The van der Waals surface area contributed by atoms with Crippen molar-refractivity contribution >= 4 is 11.8 Å². The normalized spacial score (nSPS) is 44.6. The molecule has 0 radical (unpaired) electrons. The van der Waals surface area contributed by atoms with Crippen LogP contribution in [0.3, 0.4) is 0 Å². The second-order valence-electron chi connectivity index (χ2n) is 5.37. The summed E-state index contributed by atoms with van der Waals surface area (Å²) in [5, 5.41) is 2.40. The van der Waals surface area contributed by atoms with Gasteiger partial charge >= 0.3 is 0 Å². The van der Waals surface area contributed by atoms with E-state index >= 15 is 0 Å². The van der Waals surface area contributed by atoms with Gasteiger partial charge in [0, 0.05) is 0 Å². The van der Waals surface area contributed by atoms with Crippen molar-refractivity contribution in [2.75, 3.05) is 6.26 Å². The minimum Gasteiger partial charge on any atom is -0.138 e. The van der Waals surface area contributed by atoms with E-state index in [1.807, 2.05) is 11.8 Å². The van der Waals surface area contributed by atoms with Crippen molar-refractivity contribution in [3.05, 3.63) is 11.0 Å². The molecule has 0 aromatic carbocycles. The van der Waals surface area contributed by atoms with Crippen LogP contribution in [0.4, 0.5) is 0 Å². The Balaban J connectivity index is 2.38. The molecule has 2 bridgehead atoms. The standard InChI is InChI=1S/C12H20S/c1-11(2)9-5-6-12(11,3)10(7-9)8-13-4/h8-9H,5-7H2,1-4H3/b10-8-. The van der Waals surface area contributed by atoms with Crippen LogP contribution < -0.4 is 0 Å². The van der Waals surface area contributed by atoms with Crippen molar-refractivity contribution in [1.29, 1.82) is 0 Å². The monoisotopic (exact) mass is 196 g/mol. The Labute approximate surface area is 86.2 Å². The van der Waals surface area contributed by atoms with Gasteiger partial charge < -0.3 is 0 Å².